The van der Waals surface area contributed by atoms with Gasteiger partial charge in [-0.15, -0.1) is 0 Å². The molecule has 2 N–H and O–H groups in total. The van der Waals surface area contributed by atoms with Gasteiger partial charge in [-0.05, 0) is 19.8 Å². The highest BCUT2D eigenvalue weighted by atomic mass is 19.1. The maximum absolute atomic E-state index is 13.2. The van der Waals surface area contributed by atoms with Crippen molar-refractivity contribution in [2.75, 3.05) is 0 Å². The molecule has 0 radical (unpaired) electrons. The first-order chi connectivity index (χ1) is 8.41. The van der Waals surface area contributed by atoms with Crippen LogP contribution >= 0.6 is 0 Å². The van der Waals surface area contributed by atoms with Crippen LogP contribution < -0.4 is 10.6 Å². The molecule has 1 heterocycles. The summed E-state index contributed by atoms with van der Waals surface area (Å²) >= 11 is 0. The van der Waals surface area contributed by atoms with Crippen molar-refractivity contribution in [3.8, 4) is 0 Å². The first-order valence-electron chi connectivity index (χ1n) is 5.54. The molecule has 2 fully saturated rings. The Morgan fingerprint density at radius 3 is 2.61 bits per heavy atom. The first-order valence-corrected chi connectivity index (χ1v) is 5.54. The van der Waals surface area contributed by atoms with E-state index in [1.54, 1.807) is 5.32 Å². The van der Waals surface area contributed by atoms with Gasteiger partial charge in [-0.3, -0.25) is 19.7 Å². The Morgan fingerprint density at radius 1 is 1.44 bits per heavy atom. The Balaban J connectivity index is 2.09. The lowest BCUT2D eigenvalue weighted by atomic mass is 10.2. The van der Waals surface area contributed by atoms with Gasteiger partial charge in [0.15, 0.2) is 0 Å². The Kier molecular flexibility index (Phi) is 3.02. The van der Waals surface area contributed by atoms with Gasteiger partial charge in [-0.1, -0.05) is 0 Å². The van der Waals surface area contributed by atoms with E-state index in [9.17, 15) is 23.6 Å². The molecule has 2 rings (SSSR count). The molecule has 1 aliphatic heterocycles. The maximum Gasteiger partial charge on any atom is 0.331 e. The number of nitrogens with zero attached hydrogens (tertiary/aromatic N) is 1. The summed E-state index contributed by atoms with van der Waals surface area (Å²) in [6.07, 6.45) is -0.745. The molecule has 2 atom stereocenters. The predicted octanol–water partition coefficient (Wildman–Crippen LogP) is -0.930. The summed E-state index contributed by atoms with van der Waals surface area (Å²) in [7, 11) is 0. The van der Waals surface area contributed by atoms with Crippen molar-refractivity contribution in [2.24, 2.45) is 0 Å². The smallest absolute Gasteiger partial charge is 0.331 e. The summed E-state index contributed by atoms with van der Waals surface area (Å²) in [5, 5.41) is 4.28. The first kappa shape index (κ1) is 12.5. The number of carbonyl (C=O) groups is 4. The van der Waals surface area contributed by atoms with Crippen LogP contribution in [0.15, 0.2) is 0 Å². The second-order valence-electron chi connectivity index (χ2n) is 4.32. The van der Waals surface area contributed by atoms with Crippen LogP contribution in [0.25, 0.3) is 0 Å². The summed E-state index contributed by atoms with van der Waals surface area (Å²) in [6.45, 7) is 1.30. The van der Waals surface area contributed by atoms with Crippen LogP contribution in [-0.2, 0) is 14.4 Å². The molecular weight excluding hydrogens is 245 g/mol. The van der Waals surface area contributed by atoms with Gasteiger partial charge in [-0.2, -0.15) is 0 Å². The third-order valence-electron chi connectivity index (χ3n) is 2.82. The monoisotopic (exact) mass is 257 g/mol. The molecule has 1 saturated heterocycles. The standard InChI is InChI=1S/C10H12FN3O4/c1-4(7(15)12-5-2-3-5)14-9(17)6(11)8(16)13-10(14)18/h4-6H,2-3H2,1H3,(H,12,15)(H,13,16,18). The molecule has 5 amide bonds. The topological polar surface area (TPSA) is 95.6 Å². The van der Waals surface area contributed by atoms with Crippen molar-refractivity contribution >= 4 is 23.8 Å². The van der Waals surface area contributed by atoms with Gasteiger partial charge in [-0.25, -0.2) is 14.1 Å². The Morgan fingerprint density at radius 2 is 2.06 bits per heavy atom. The number of halogens is 1. The van der Waals surface area contributed by atoms with E-state index < -0.39 is 36.0 Å². The second kappa shape index (κ2) is 4.35. The highest BCUT2D eigenvalue weighted by Crippen LogP contribution is 2.19. The minimum Gasteiger partial charge on any atom is -0.352 e. The zero-order valence-electron chi connectivity index (χ0n) is 9.60. The van der Waals surface area contributed by atoms with E-state index in [-0.39, 0.29) is 6.04 Å². The number of alkyl halides is 1. The van der Waals surface area contributed by atoms with Gasteiger partial charge < -0.3 is 5.32 Å². The lowest BCUT2D eigenvalue weighted by molar-refractivity contribution is -0.148. The van der Waals surface area contributed by atoms with Gasteiger partial charge in [0.05, 0.1) is 0 Å². The SMILES string of the molecule is CC(C(=O)NC1CC1)N1C(=O)NC(=O)C(F)C1=O. The molecule has 7 nitrogen and oxygen atoms in total. The van der Waals surface area contributed by atoms with Crippen LogP contribution in [0.2, 0.25) is 0 Å². The third kappa shape index (κ3) is 2.18. The van der Waals surface area contributed by atoms with Crippen molar-refractivity contribution in [3.05, 3.63) is 0 Å². The van der Waals surface area contributed by atoms with E-state index >= 15 is 0 Å². The molecular formula is C10H12FN3O4. The average molecular weight is 257 g/mol. The van der Waals surface area contributed by atoms with Crippen LogP contribution in [-0.4, -0.2) is 46.9 Å². The molecule has 0 spiro atoms. The van der Waals surface area contributed by atoms with E-state index in [0.29, 0.717) is 4.90 Å². The predicted molar refractivity (Wildman–Crippen MR) is 55.9 cm³/mol. The lowest BCUT2D eigenvalue weighted by Gasteiger charge is -2.30. The summed E-state index contributed by atoms with van der Waals surface area (Å²) in [5.74, 6) is -3.14. The van der Waals surface area contributed by atoms with E-state index in [2.05, 4.69) is 5.32 Å². The van der Waals surface area contributed by atoms with Gasteiger partial charge in [0.1, 0.15) is 6.04 Å². The van der Waals surface area contributed by atoms with Crippen LogP contribution in [0.5, 0.6) is 0 Å². The largest absolute Gasteiger partial charge is 0.352 e. The number of hydrogen-bond donors (Lipinski definition) is 2. The summed E-state index contributed by atoms with van der Waals surface area (Å²) < 4.78 is 13.2. The lowest BCUT2D eigenvalue weighted by Crippen LogP contribution is -2.64. The molecule has 0 aromatic heterocycles. The highest BCUT2D eigenvalue weighted by Gasteiger charge is 2.45. The van der Waals surface area contributed by atoms with E-state index in [0.717, 1.165) is 12.8 Å². The molecule has 1 saturated carbocycles. The fourth-order valence-electron chi connectivity index (χ4n) is 1.60. The molecule has 0 aromatic rings. The fraction of sp³-hybridized carbons (Fsp3) is 0.600. The van der Waals surface area contributed by atoms with Gasteiger partial charge in [0.2, 0.25) is 5.91 Å². The number of amides is 5. The number of hydrogen-bond acceptors (Lipinski definition) is 4. The molecule has 8 heteroatoms. The quantitative estimate of drug-likeness (QED) is 0.638. The summed E-state index contributed by atoms with van der Waals surface area (Å²) in [4.78, 5) is 45.9. The minimum atomic E-state index is -2.45. The van der Waals surface area contributed by atoms with Crippen LogP contribution in [0, 0.1) is 0 Å². The van der Waals surface area contributed by atoms with E-state index in [1.807, 2.05) is 0 Å². The number of urea groups is 1. The normalized spacial score (nSPS) is 25.8. The summed E-state index contributed by atoms with van der Waals surface area (Å²) in [5.41, 5.74) is 0. The molecule has 0 aromatic carbocycles. The van der Waals surface area contributed by atoms with E-state index in [4.69, 9.17) is 0 Å². The molecule has 0 bridgehead atoms. The molecule has 18 heavy (non-hydrogen) atoms. The van der Waals surface area contributed by atoms with Crippen molar-refractivity contribution in [1.82, 2.24) is 15.5 Å². The number of carbonyl (C=O) groups excluding carboxylic acids is 4. The zero-order valence-corrected chi connectivity index (χ0v) is 9.60. The summed E-state index contributed by atoms with van der Waals surface area (Å²) in [6, 6.07) is -2.16. The van der Waals surface area contributed by atoms with Crippen molar-refractivity contribution in [2.45, 2.75) is 38.0 Å². The zero-order chi connectivity index (χ0) is 13.4. The minimum absolute atomic E-state index is 0.0608. The second-order valence-corrected chi connectivity index (χ2v) is 4.32. The highest BCUT2D eigenvalue weighted by molar-refractivity contribution is 6.19. The fourth-order valence-corrected chi connectivity index (χ4v) is 1.60. The number of imide groups is 2. The van der Waals surface area contributed by atoms with Gasteiger partial charge in [0.25, 0.3) is 18.0 Å². The Hall–Kier alpha value is -1.99. The van der Waals surface area contributed by atoms with Crippen molar-refractivity contribution in [1.29, 1.82) is 0 Å². The van der Waals surface area contributed by atoms with Gasteiger partial charge >= 0.3 is 6.03 Å². The number of nitrogens with one attached hydrogen (secondary N) is 2. The molecule has 1 aliphatic carbocycles. The number of rotatable bonds is 3. The van der Waals surface area contributed by atoms with Crippen LogP contribution in [0.3, 0.4) is 0 Å². The number of barbiturate groups is 1. The Labute approximate surface area is 102 Å². The van der Waals surface area contributed by atoms with Crippen molar-refractivity contribution in [3.63, 3.8) is 0 Å². The van der Waals surface area contributed by atoms with Crippen LogP contribution in [0.1, 0.15) is 19.8 Å². The molecule has 98 valence electrons. The Bertz CT molecular complexity index is 435. The van der Waals surface area contributed by atoms with Crippen LogP contribution in [0.4, 0.5) is 9.18 Å². The van der Waals surface area contributed by atoms with Crippen molar-refractivity contribution < 1.29 is 23.6 Å². The molecule has 2 aliphatic rings. The van der Waals surface area contributed by atoms with Gasteiger partial charge in [0, 0.05) is 6.04 Å². The maximum atomic E-state index is 13.2. The third-order valence-corrected chi connectivity index (χ3v) is 2.82. The average Bonchev–Trinajstić information content (AvgIpc) is 3.09. The molecule has 2 unspecified atom stereocenters. The van der Waals surface area contributed by atoms with E-state index in [1.165, 1.54) is 6.92 Å².